The lowest BCUT2D eigenvalue weighted by Gasteiger charge is -2.26. The number of aromatic nitrogens is 2. The molecule has 112 valence electrons. The number of nitrogens with one attached hydrogen (secondary N) is 1. The molecule has 2 aromatic heterocycles. The zero-order chi connectivity index (χ0) is 14.7. The molecule has 1 aliphatic carbocycles. The number of hydrogen-bond donors (Lipinski definition) is 1. The van der Waals surface area contributed by atoms with Crippen molar-refractivity contribution >= 4 is 23.0 Å². The van der Waals surface area contributed by atoms with Gasteiger partial charge in [-0.15, -0.1) is 0 Å². The molecule has 0 amide bonds. The van der Waals surface area contributed by atoms with Crippen LogP contribution < -0.4 is 10.2 Å². The first-order chi connectivity index (χ1) is 10.3. The van der Waals surface area contributed by atoms with Crippen molar-refractivity contribution in [1.29, 1.82) is 0 Å². The molecule has 0 aromatic carbocycles. The van der Waals surface area contributed by atoms with Crippen LogP contribution in [0.4, 0.5) is 11.6 Å². The molecule has 0 radical (unpaired) electrons. The maximum Gasteiger partial charge on any atom is 0.137 e. The van der Waals surface area contributed by atoms with Crippen LogP contribution in [0.5, 0.6) is 0 Å². The van der Waals surface area contributed by atoms with Crippen molar-refractivity contribution < 1.29 is 0 Å². The van der Waals surface area contributed by atoms with Crippen molar-refractivity contribution in [3.63, 3.8) is 0 Å². The van der Waals surface area contributed by atoms with Gasteiger partial charge in [0, 0.05) is 25.2 Å². The van der Waals surface area contributed by atoms with Gasteiger partial charge < -0.3 is 10.2 Å². The Balaban J connectivity index is 1.94. The van der Waals surface area contributed by atoms with E-state index >= 15 is 0 Å². The summed E-state index contributed by atoms with van der Waals surface area (Å²) in [5.74, 6) is 2.09. The zero-order valence-corrected chi connectivity index (χ0v) is 13.5. The molecule has 2 heterocycles. The quantitative estimate of drug-likeness (QED) is 0.846. The lowest BCUT2D eigenvalue weighted by Crippen LogP contribution is -2.27. The molecular weight excluding hydrogens is 280 g/mol. The number of anilines is 2. The van der Waals surface area contributed by atoms with Crippen LogP contribution in [0, 0.1) is 0 Å². The van der Waals surface area contributed by atoms with E-state index in [1.54, 1.807) is 17.7 Å². The molecule has 0 atom stereocenters. The van der Waals surface area contributed by atoms with Crippen LogP contribution in [0.1, 0.15) is 37.3 Å². The first-order valence-corrected chi connectivity index (χ1v) is 8.57. The Kier molecular flexibility index (Phi) is 4.39. The molecule has 1 aliphatic rings. The van der Waals surface area contributed by atoms with Gasteiger partial charge in [-0.2, -0.15) is 11.3 Å². The van der Waals surface area contributed by atoms with E-state index in [-0.39, 0.29) is 0 Å². The molecule has 1 fully saturated rings. The van der Waals surface area contributed by atoms with Gasteiger partial charge in [-0.05, 0) is 41.7 Å². The molecular formula is C16H22N4S. The van der Waals surface area contributed by atoms with Crippen molar-refractivity contribution in [3.8, 4) is 0 Å². The standard InChI is InChI=1S/C16H22N4S/c1-3-4-14-15(17-2)18-11-19-16(14)20(13-5-6-13)9-12-7-8-21-10-12/h7-8,10-11,13H,3-6,9H2,1-2H3,(H,17,18,19). The van der Waals surface area contributed by atoms with E-state index in [4.69, 9.17) is 0 Å². The number of hydrogen-bond acceptors (Lipinski definition) is 5. The maximum atomic E-state index is 4.63. The van der Waals surface area contributed by atoms with Crippen LogP contribution in [0.2, 0.25) is 0 Å². The summed E-state index contributed by atoms with van der Waals surface area (Å²) in [6, 6.07) is 2.85. The molecule has 21 heavy (non-hydrogen) atoms. The fourth-order valence-corrected chi connectivity index (χ4v) is 3.35. The Morgan fingerprint density at radius 1 is 1.38 bits per heavy atom. The second kappa shape index (κ2) is 6.43. The van der Waals surface area contributed by atoms with Crippen LogP contribution in [0.25, 0.3) is 0 Å². The minimum Gasteiger partial charge on any atom is -0.373 e. The van der Waals surface area contributed by atoms with Crippen molar-refractivity contribution in [1.82, 2.24) is 9.97 Å². The molecule has 1 saturated carbocycles. The highest BCUT2D eigenvalue weighted by molar-refractivity contribution is 7.07. The summed E-state index contributed by atoms with van der Waals surface area (Å²) in [5.41, 5.74) is 2.63. The van der Waals surface area contributed by atoms with Crippen molar-refractivity contribution in [2.24, 2.45) is 0 Å². The highest BCUT2D eigenvalue weighted by Gasteiger charge is 2.32. The molecule has 0 bridgehead atoms. The molecule has 1 N–H and O–H groups in total. The monoisotopic (exact) mass is 302 g/mol. The molecule has 0 unspecified atom stereocenters. The summed E-state index contributed by atoms with van der Waals surface area (Å²) in [6.07, 6.45) is 6.34. The van der Waals surface area contributed by atoms with Gasteiger partial charge in [0.2, 0.25) is 0 Å². The van der Waals surface area contributed by atoms with Gasteiger partial charge in [0.15, 0.2) is 0 Å². The van der Waals surface area contributed by atoms with Crippen LogP contribution >= 0.6 is 11.3 Å². The number of rotatable bonds is 7. The second-order valence-electron chi connectivity index (χ2n) is 5.52. The van der Waals surface area contributed by atoms with Crippen molar-refractivity contribution in [2.45, 2.75) is 45.2 Å². The van der Waals surface area contributed by atoms with Gasteiger partial charge in [0.05, 0.1) is 0 Å². The van der Waals surface area contributed by atoms with Gasteiger partial charge in [-0.25, -0.2) is 9.97 Å². The average molecular weight is 302 g/mol. The van der Waals surface area contributed by atoms with E-state index < -0.39 is 0 Å². The lowest BCUT2D eigenvalue weighted by molar-refractivity contribution is 0.761. The molecule has 5 heteroatoms. The third kappa shape index (κ3) is 3.18. The minimum absolute atomic E-state index is 0.639. The second-order valence-corrected chi connectivity index (χ2v) is 6.30. The SMILES string of the molecule is CCCc1c(NC)ncnc1N(Cc1ccsc1)C1CC1. The smallest absolute Gasteiger partial charge is 0.137 e. The summed E-state index contributed by atoms with van der Waals surface area (Å²) < 4.78 is 0. The van der Waals surface area contributed by atoms with Gasteiger partial charge in [-0.1, -0.05) is 13.3 Å². The Hall–Kier alpha value is -1.62. The molecule has 0 aliphatic heterocycles. The summed E-state index contributed by atoms with van der Waals surface area (Å²) in [7, 11) is 1.94. The van der Waals surface area contributed by atoms with Crippen LogP contribution in [-0.4, -0.2) is 23.1 Å². The predicted octanol–water partition coefficient (Wildman–Crippen LogP) is 3.70. The fourth-order valence-electron chi connectivity index (χ4n) is 2.69. The molecule has 3 rings (SSSR count). The molecule has 0 saturated heterocycles. The highest BCUT2D eigenvalue weighted by atomic mass is 32.1. The third-order valence-electron chi connectivity index (χ3n) is 3.85. The van der Waals surface area contributed by atoms with Gasteiger partial charge in [-0.3, -0.25) is 0 Å². The first kappa shape index (κ1) is 14.3. The Morgan fingerprint density at radius 2 is 2.24 bits per heavy atom. The summed E-state index contributed by atoms with van der Waals surface area (Å²) in [6.45, 7) is 3.15. The van der Waals surface area contributed by atoms with Gasteiger partial charge in [0.1, 0.15) is 18.0 Å². The van der Waals surface area contributed by atoms with Crippen molar-refractivity contribution in [2.75, 3.05) is 17.3 Å². The Labute approximate surface area is 130 Å². The number of nitrogens with zero attached hydrogens (tertiary/aromatic N) is 3. The van der Waals surface area contributed by atoms with E-state index in [9.17, 15) is 0 Å². The van der Waals surface area contributed by atoms with E-state index in [0.29, 0.717) is 6.04 Å². The fraction of sp³-hybridized carbons (Fsp3) is 0.500. The lowest BCUT2D eigenvalue weighted by atomic mass is 10.1. The third-order valence-corrected chi connectivity index (χ3v) is 4.58. The predicted molar refractivity (Wildman–Crippen MR) is 89.1 cm³/mol. The van der Waals surface area contributed by atoms with E-state index in [1.165, 1.54) is 24.0 Å². The zero-order valence-electron chi connectivity index (χ0n) is 12.7. The molecule has 0 spiro atoms. The largest absolute Gasteiger partial charge is 0.373 e. The number of thiophene rings is 1. The maximum absolute atomic E-state index is 4.63. The van der Waals surface area contributed by atoms with Gasteiger partial charge >= 0.3 is 0 Å². The first-order valence-electron chi connectivity index (χ1n) is 7.62. The highest BCUT2D eigenvalue weighted by Crippen LogP contribution is 2.35. The van der Waals surface area contributed by atoms with E-state index in [0.717, 1.165) is 31.0 Å². The van der Waals surface area contributed by atoms with Crippen LogP contribution in [-0.2, 0) is 13.0 Å². The average Bonchev–Trinajstić information content (AvgIpc) is 3.22. The van der Waals surface area contributed by atoms with E-state index in [2.05, 4.69) is 43.9 Å². The van der Waals surface area contributed by atoms with E-state index in [1.807, 2.05) is 7.05 Å². The molecule has 4 nitrogen and oxygen atoms in total. The van der Waals surface area contributed by atoms with Crippen LogP contribution in [0.15, 0.2) is 23.2 Å². The summed E-state index contributed by atoms with van der Waals surface area (Å²) in [5, 5.41) is 7.59. The molecule has 2 aromatic rings. The topological polar surface area (TPSA) is 41.1 Å². The minimum atomic E-state index is 0.639. The van der Waals surface area contributed by atoms with Gasteiger partial charge in [0.25, 0.3) is 0 Å². The van der Waals surface area contributed by atoms with Crippen molar-refractivity contribution in [3.05, 3.63) is 34.3 Å². The van der Waals surface area contributed by atoms with Crippen LogP contribution in [0.3, 0.4) is 0 Å². The summed E-state index contributed by atoms with van der Waals surface area (Å²) in [4.78, 5) is 11.5. The normalized spacial score (nSPS) is 14.2. The Bertz CT molecular complexity index is 578. The summed E-state index contributed by atoms with van der Waals surface area (Å²) >= 11 is 1.76. The Morgan fingerprint density at radius 3 is 2.86 bits per heavy atom.